The molecule has 0 saturated heterocycles. The summed E-state index contributed by atoms with van der Waals surface area (Å²) in [7, 11) is -3.97. The van der Waals surface area contributed by atoms with Gasteiger partial charge in [0.05, 0.1) is 6.61 Å². The van der Waals surface area contributed by atoms with E-state index in [0.29, 0.717) is 11.3 Å². The zero-order valence-corrected chi connectivity index (χ0v) is 13.6. The summed E-state index contributed by atoms with van der Waals surface area (Å²) in [4.78, 5) is 16.8. The maximum atomic E-state index is 12.3. The predicted molar refractivity (Wildman–Crippen MR) is 83.6 cm³/mol. The SMILES string of the molecule is CCOC(=O)c1c(-c2ccccc2)nc2sc(S(N)(=O)=O)nn12. The molecule has 8 nitrogen and oxygen atoms in total. The lowest BCUT2D eigenvalue weighted by molar-refractivity contribution is 0.0517. The minimum Gasteiger partial charge on any atom is -0.461 e. The van der Waals surface area contributed by atoms with Crippen molar-refractivity contribution in [1.29, 1.82) is 0 Å². The zero-order valence-electron chi connectivity index (χ0n) is 12.0. The van der Waals surface area contributed by atoms with Crippen LogP contribution in [-0.4, -0.2) is 35.6 Å². The van der Waals surface area contributed by atoms with Gasteiger partial charge in [-0.3, -0.25) is 0 Å². The second-order valence-corrected chi connectivity index (χ2v) is 7.19. The van der Waals surface area contributed by atoms with Crippen LogP contribution in [0.15, 0.2) is 34.7 Å². The van der Waals surface area contributed by atoms with Gasteiger partial charge in [0.25, 0.3) is 10.0 Å². The summed E-state index contributed by atoms with van der Waals surface area (Å²) in [5, 5.41) is 8.97. The number of esters is 1. The number of benzene rings is 1. The lowest BCUT2D eigenvalue weighted by Crippen LogP contribution is -2.14. The molecule has 0 spiro atoms. The molecule has 2 N–H and O–H groups in total. The number of hydrogen-bond acceptors (Lipinski definition) is 7. The Bertz CT molecular complexity index is 976. The molecule has 0 aliphatic heterocycles. The fourth-order valence-corrected chi connectivity index (χ4v) is 3.54. The summed E-state index contributed by atoms with van der Waals surface area (Å²) in [6, 6.07) is 9.02. The molecule has 0 aliphatic rings. The fourth-order valence-electron chi connectivity index (χ4n) is 2.03. The molecule has 10 heteroatoms. The molecule has 0 atom stereocenters. The van der Waals surface area contributed by atoms with E-state index in [1.807, 2.05) is 6.07 Å². The third-order valence-electron chi connectivity index (χ3n) is 2.94. The first-order valence-corrected chi connectivity index (χ1v) is 8.93. The Labute approximate surface area is 135 Å². The van der Waals surface area contributed by atoms with Crippen molar-refractivity contribution in [3.8, 4) is 11.3 Å². The summed E-state index contributed by atoms with van der Waals surface area (Å²) in [5.74, 6) is -0.634. The first-order chi connectivity index (χ1) is 10.9. The summed E-state index contributed by atoms with van der Waals surface area (Å²) in [6.07, 6.45) is 0. The number of fused-ring (bicyclic) bond motifs is 1. The third kappa shape index (κ3) is 2.83. The van der Waals surface area contributed by atoms with E-state index in [1.165, 1.54) is 0 Å². The molecule has 3 aromatic rings. The van der Waals surface area contributed by atoms with Crippen LogP contribution in [-0.2, 0) is 14.8 Å². The van der Waals surface area contributed by atoms with Crippen LogP contribution in [0.2, 0.25) is 0 Å². The normalized spacial score (nSPS) is 11.7. The molecule has 23 heavy (non-hydrogen) atoms. The standard InChI is InChI=1S/C13H12N4O4S2/c1-2-21-11(18)10-9(8-6-4-3-5-7-8)15-12-17(10)16-13(22-12)23(14,19)20/h3-7H,2H2,1H3,(H2,14,19,20). The minimum atomic E-state index is -3.97. The van der Waals surface area contributed by atoms with E-state index in [1.54, 1.807) is 31.2 Å². The van der Waals surface area contributed by atoms with Gasteiger partial charge in [0, 0.05) is 5.56 Å². The van der Waals surface area contributed by atoms with E-state index in [9.17, 15) is 13.2 Å². The van der Waals surface area contributed by atoms with Crippen LogP contribution in [0.3, 0.4) is 0 Å². The van der Waals surface area contributed by atoms with Crippen LogP contribution in [0.1, 0.15) is 17.4 Å². The number of hydrogen-bond donors (Lipinski definition) is 1. The van der Waals surface area contributed by atoms with Crippen molar-refractivity contribution in [2.24, 2.45) is 5.14 Å². The van der Waals surface area contributed by atoms with Gasteiger partial charge in [-0.05, 0) is 6.92 Å². The highest BCUT2D eigenvalue weighted by Crippen LogP contribution is 2.28. The number of carbonyl (C=O) groups excluding carboxylic acids is 1. The van der Waals surface area contributed by atoms with Crippen LogP contribution >= 0.6 is 11.3 Å². The molecule has 0 radical (unpaired) electrons. The molecule has 0 aliphatic carbocycles. The highest BCUT2D eigenvalue weighted by molar-refractivity contribution is 7.91. The molecular weight excluding hydrogens is 340 g/mol. The molecule has 2 aromatic heterocycles. The van der Waals surface area contributed by atoms with E-state index >= 15 is 0 Å². The lowest BCUT2D eigenvalue weighted by Gasteiger charge is -2.03. The van der Waals surface area contributed by atoms with Gasteiger partial charge in [-0.25, -0.2) is 23.3 Å². The molecular formula is C13H12N4O4S2. The Kier molecular flexibility index (Phi) is 3.88. The molecule has 1 aromatic carbocycles. The Hall–Kier alpha value is -2.30. The van der Waals surface area contributed by atoms with Crippen molar-refractivity contribution in [1.82, 2.24) is 14.6 Å². The third-order valence-corrected chi connectivity index (χ3v) is 5.16. The number of nitrogens with zero attached hydrogens (tertiary/aromatic N) is 3. The van der Waals surface area contributed by atoms with Gasteiger partial charge in [0.1, 0.15) is 5.69 Å². The average Bonchev–Trinajstić information content (AvgIpc) is 3.05. The Morgan fingerprint density at radius 3 is 2.65 bits per heavy atom. The highest BCUT2D eigenvalue weighted by atomic mass is 32.2. The van der Waals surface area contributed by atoms with Crippen molar-refractivity contribution >= 4 is 32.3 Å². The quantitative estimate of drug-likeness (QED) is 0.707. The predicted octanol–water partition coefficient (Wildman–Crippen LogP) is 1.28. The second-order valence-electron chi connectivity index (χ2n) is 4.50. The Morgan fingerprint density at radius 2 is 2.04 bits per heavy atom. The average molecular weight is 352 g/mol. The van der Waals surface area contributed by atoms with Gasteiger partial charge in [-0.2, -0.15) is 4.52 Å². The van der Waals surface area contributed by atoms with E-state index in [4.69, 9.17) is 9.88 Å². The van der Waals surface area contributed by atoms with E-state index in [0.717, 1.165) is 15.9 Å². The molecule has 0 saturated carbocycles. The molecule has 2 heterocycles. The van der Waals surface area contributed by atoms with Crippen molar-refractivity contribution < 1.29 is 17.9 Å². The van der Waals surface area contributed by atoms with Crippen LogP contribution in [0.5, 0.6) is 0 Å². The zero-order chi connectivity index (χ0) is 16.6. The topological polar surface area (TPSA) is 117 Å². The number of ether oxygens (including phenoxy) is 1. The molecule has 0 unspecified atom stereocenters. The number of aromatic nitrogens is 3. The van der Waals surface area contributed by atoms with E-state index in [2.05, 4.69) is 10.1 Å². The van der Waals surface area contributed by atoms with Gasteiger partial charge in [0.15, 0.2) is 5.69 Å². The number of rotatable bonds is 4. The van der Waals surface area contributed by atoms with Gasteiger partial charge >= 0.3 is 5.97 Å². The number of carbonyl (C=O) groups is 1. The Balaban J connectivity index is 2.26. The van der Waals surface area contributed by atoms with Crippen LogP contribution < -0.4 is 5.14 Å². The summed E-state index contributed by atoms with van der Waals surface area (Å²) in [5.41, 5.74) is 1.15. The molecule has 120 valence electrons. The summed E-state index contributed by atoms with van der Waals surface area (Å²) < 4.78 is 28.7. The molecule has 0 fully saturated rings. The molecule has 3 rings (SSSR count). The van der Waals surface area contributed by atoms with Crippen LogP contribution in [0, 0.1) is 0 Å². The maximum absolute atomic E-state index is 12.3. The number of sulfonamides is 1. The fraction of sp³-hybridized carbons (Fsp3) is 0.154. The minimum absolute atomic E-state index is 0.0687. The van der Waals surface area contributed by atoms with Crippen LogP contribution in [0.25, 0.3) is 16.2 Å². The maximum Gasteiger partial charge on any atom is 0.359 e. The first-order valence-electron chi connectivity index (χ1n) is 6.56. The number of nitrogens with two attached hydrogens (primary N) is 1. The van der Waals surface area contributed by atoms with Crippen molar-refractivity contribution in [3.63, 3.8) is 0 Å². The van der Waals surface area contributed by atoms with Crippen molar-refractivity contribution in [3.05, 3.63) is 36.0 Å². The van der Waals surface area contributed by atoms with Crippen molar-refractivity contribution in [2.45, 2.75) is 11.3 Å². The molecule has 0 bridgehead atoms. The van der Waals surface area contributed by atoms with Gasteiger partial charge in [0.2, 0.25) is 9.30 Å². The lowest BCUT2D eigenvalue weighted by atomic mass is 10.1. The van der Waals surface area contributed by atoms with Gasteiger partial charge < -0.3 is 4.74 Å². The monoisotopic (exact) mass is 352 g/mol. The smallest absolute Gasteiger partial charge is 0.359 e. The summed E-state index contributed by atoms with van der Waals surface area (Å²) >= 11 is 0.789. The number of imidazole rings is 1. The van der Waals surface area contributed by atoms with Gasteiger partial charge in [-0.15, -0.1) is 5.10 Å². The summed E-state index contributed by atoms with van der Waals surface area (Å²) in [6.45, 7) is 1.85. The second kappa shape index (κ2) is 5.72. The highest BCUT2D eigenvalue weighted by Gasteiger charge is 2.26. The van der Waals surface area contributed by atoms with E-state index < -0.39 is 16.0 Å². The largest absolute Gasteiger partial charge is 0.461 e. The Morgan fingerprint density at radius 1 is 1.35 bits per heavy atom. The van der Waals surface area contributed by atoms with E-state index in [-0.39, 0.29) is 21.6 Å². The number of primary sulfonamides is 1. The first kappa shape index (κ1) is 15.6. The van der Waals surface area contributed by atoms with Crippen LogP contribution in [0.4, 0.5) is 0 Å². The van der Waals surface area contributed by atoms with Gasteiger partial charge in [-0.1, -0.05) is 41.7 Å². The van der Waals surface area contributed by atoms with Crippen molar-refractivity contribution in [2.75, 3.05) is 6.61 Å². The molecule has 0 amide bonds.